The molecule has 1 saturated carbocycles. The molecule has 0 bridgehead atoms. The second-order valence-electron chi connectivity index (χ2n) is 16.6. The first-order chi connectivity index (χ1) is 31.3. The molecule has 30 heteroatoms. The Labute approximate surface area is 389 Å². The van der Waals surface area contributed by atoms with E-state index in [4.69, 9.17) is 19.5 Å². The number of aliphatic hydroxyl groups is 3. The number of ether oxygens (including phenoxy) is 1. The van der Waals surface area contributed by atoms with Crippen LogP contribution >= 0.6 is 35.2 Å². The summed E-state index contributed by atoms with van der Waals surface area (Å²) in [5, 5.41) is 36.6. The lowest BCUT2D eigenvalue weighted by atomic mass is 9.87. The Hall–Kier alpha value is -3.07. The minimum absolute atomic E-state index is 0.0195. The number of fused-ring (bicyclic) bond motifs is 1. The van der Waals surface area contributed by atoms with E-state index in [1.165, 1.54) is 13.8 Å². The summed E-state index contributed by atoms with van der Waals surface area (Å²) < 4.78 is 62.4. The molecule has 378 valence electrons. The highest BCUT2D eigenvalue weighted by Gasteiger charge is 2.50. The monoisotopic (exact) mass is 1030 g/mol. The summed E-state index contributed by atoms with van der Waals surface area (Å²) in [4.78, 5) is 101. The van der Waals surface area contributed by atoms with Gasteiger partial charge in [0.15, 0.2) is 22.8 Å². The van der Waals surface area contributed by atoms with Gasteiger partial charge in [-0.05, 0) is 38.0 Å². The molecule has 2 aliphatic rings. The van der Waals surface area contributed by atoms with E-state index in [0.717, 1.165) is 54.7 Å². The van der Waals surface area contributed by atoms with Crippen molar-refractivity contribution in [3.63, 3.8) is 0 Å². The first kappa shape index (κ1) is 56.5. The molecular weight excluding hydrogens is 971 g/mol. The lowest BCUT2D eigenvalue weighted by molar-refractivity contribution is -0.137. The molecule has 1 aliphatic carbocycles. The minimum Gasteiger partial charge on any atom is -0.393 e. The second kappa shape index (κ2) is 25.2. The molecule has 3 heterocycles. The molecular formula is C37H60N7O19P3S. The van der Waals surface area contributed by atoms with E-state index in [-0.39, 0.29) is 71.4 Å². The van der Waals surface area contributed by atoms with Gasteiger partial charge in [0.2, 0.25) is 11.8 Å². The molecule has 0 aromatic carbocycles. The molecule has 2 aromatic heterocycles. The van der Waals surface area contributed by atoms with Crippen molar-refractivity contribution >= 4 is 74.9 Å². The Balaban J connectivity index is 1.13. The topological polar surface area (TPSA) is 401 Å². The van der Waals surface area contributed by atoms with Crippen LogP contribution < -0.4 is 16.4 Å². The predicted octanol–water partition coefficient (Wildman–Crippen LogP) is 1.54. The largest absolute Gasteiger partial charge is 0.481 e. The molecule has 1 aliphatic heterocycles. The number of Topliss-reactive ketones (excluding diaryl/α,β-unsaturated/α-hetero) is 1. The number of carbonyl (C=O) groups is 4. The maximum Gasteiger partial charge on any atom is 0.481 e. The highest BCUT2D eigenvalue weighted by Crippen LogP contribution is 2.61. The molecule has 2 aromatic rings. The number of aliphatic hydroxyl groups excluding tert-OH is 3. The van der Waals surface area contributed by atoms with Crippen molar-refractivity contribution in [2.45, 2.75) is 115 Å². The number of thioether (sulfide) groups is 1. The SMILES string of the molecule is CC/C=C\C[C@@H]1C(=O)CC[C@@H]1CCC[C@H](O)CC(=O)SCCNC(=O)CCNC(=O)[C@H](O)C(C)(C)COP(=O)(O)OP(=O)(O)OC[C@H]1O[C@@H](n2cnc3c(N)ncnc32)[C@H](O)[C@@H]1OP(=O)(O)O. The molecule has 4 rings (SSSR count). The van der Waals surface area contributed by atoms with E-state index in [1.54, 1.807) is 0 Å². The first-order valence-corrected chi connectivity index (χ1v) is 26.7. The van der Waals surface area contributed by atoms with E-state index in [0.29, 0.717) is 19.3 Å². The van der Waals surface area contributed by atoms with Crippen molar-refractivity contribution < 1.29 is 90.4 Å². The van der Waals surface area contributed by atoms with Crippen LogP contribution in [0.4, 0.5) is 5.82 Å². The summed E-state index contributed by atoms with van der Waals surface area (Å²) in [6.07, 6.45) is 1.22. The summed E-state index contributed by atoms with van der Waals surface area (Å²) >= 11 is 0.957. The van der Waals surface area contributed by atoms with Crippen LogP contribution in [-0.4, -0.2) is 140 Å². The Kier molecular flexibility index (Phi) is 21.2. The van der Waals surface area contributed by atoms with Crippen molar-refractivity contribution in [2.75, 3.05) is 37.8 Å². The van der Waals surface area contributed by atoms with E-state index in [1.807, 2.05) is 6.92 Å². The number of nitrogens with two attached hydrogens (primary N) is 1. The fourth-order valence-electron chi connectivity index (χ4n) is 7.32. The van der Waals surface area contributed by atoms with Gasteiger partial charge in [-0.25, -0.2) is 28.6 Å². The number of amides is 2. The molecule has 11 N–H and O–H groups in total. The summed E-state index contributed by atoms with van der Waals surface area (Å²) in [7, 11) is -16.5. The van der Waals surface area contributed by atoms with Gasteiger partial charge in [0.1, 0.15) is 42.0 Å². The van der Waals surface area contributed by atoms with Crippen molar-refractivity contribution in [3.8, 4) is 0 Å². The third-order valence-electron chi connectivity index (χ3n) is 10.8. The molecule has 67 heavy (non-hydrogen) atoms. The van der Waals surface area contributed by atoms with Gasteiger partial charge in [-0.1, -0.05) is 51.1 Å². The quantitative estimate of drug-likeness (QED) is 0.0328. The number of anilines is 1. The maximum atomic E-state index is 12.7. The highest BCUT2D eigenvalue weighted by molar-refractivity contribution is 8.13. The van der Waals surface area contributed by atoms with Gasteiger partial charge in [-0.3, -0.25) is 37.3 Å². The van der Waals surface area contributed by atoms with E-state index in [2.05, 4.69) is 46.6 Å². The molecule has 2 amide bonds. The minimum atomic E-state index is -5.60. The van der Waals surface area contributed by atoms with Gasteiger partial charge in [0.25, 0.3) is 0 Å². The lowest BCUT2D eigenvalue weighted by Gasteiger charge is -2.30. The van der Waals surface area contributed by atoms with Crippen molar-refractivity contribution in [1.29, 1.82) is 0 Å². The number of carbonyl (C=O) groups excluding carboxylic acids is 4. The molecule has 0 radical (unpaired) electrons. The van der Waals surface area contributed by atoms with Gasteiger partial charge < -0.3 is 56.0 Å². The van der Waals surface area contributed by atoms with Gasteiger partial charge in [0, 0.05) is 49.4 Å². The van der Waals surface area contributed by atoms with Crippen LogP contribution in [0.1, 0.15) is 84.8 Å². The zero-order chi connectivity index (χ0) is 49.7. The molecule has 2 fully saturated rings. The number of phosphoric ester groups is 3. The van der Waals surface area contributed by atoms with Crippen LogP contribution in [0.5, 0.6) is 0 Å². The Bertz CT molecular complexity index is 2200. The van der Waals surface area contributed by atoms with E-state index >= 15 is 0 Å². The van der Waals surface area contributed by atoms with Crippen molar-refractivity contribution in [2.24, 2.45) is 17.3 Å². The summed E-state index contributed by atoms with van der Waals surface area (Å²) in [6, 6.07) is 0. The molecule has 1 saturated heterocycles. The Morgan fingerprint density at radius 3 is 2.48 bits per heavy atom. The van der Waals surface area contributed by atoms with Crippen molar-refractivity contribution in [3.05, 3.63) is 24.8 Å². The van der Waals surface area contributed by atoms with Crippen LogP contribution in [0.15, 0.2) is 24.8 Å². The number of nitrogen functional groups attached to an aromatic ring is 1. The average Bonchev–Trinajstić information content (AvgIpc) is 3.91. The Morgan fingerprint density at radius 2 is 1.78 bits per heavy atom. The zero-order valence-corrected chi connectivity index (χ0v) is 40.5. The van der Waals surface area contributed by atoms with Crippen LogP contribution in [0, 0.1) is 17.3 Å². The van der Waals surface area contributed by atoms with E-state index < -0.39 is 90.7 Å². The molecule has 2 unspecified atom stereocenters. The summed E-state index contributed by atoms with van der Waals surface area (Å²) in [5.74, 6) is -0.714. The van der Waals surface area contributed by atoms with Gasteiger partial charge in [0.05, 0.1) is 25.6 Å². The molecule has 0 spiro atoms. The van der Waals surface area contributed by atoms with Gasteiger partial charge in [-0.2, -0.15) is 4.31 Å². The number of ketones is 1. The van der Waals surface area contributed by atoms with Crippen LogP contribution in [0.3, 0.4) is 0 Å². The average molecular weight is 1030 g/mol. The Morgan fingerprint density at radius 1 is 1.06 bits per heavy atom. The van der Waals surface area contributed by atoms with Crippen LogP contribution in [-0.2, 0) is 55.5 Å². The van der Waals surface area contributed by atoms with Gasteiger partial charge in [-0.15, -0.1) is 0 Å². The number of imidazole rings is 1. The number of rotatable bonds is 28. The lowest BCUT2D eigenvalue weighted by Crippen LogP contribution is -2.46. The number of allylic oxidation sites excluding steroid dienone is 2. The number of nitrogens with one attached hydrogen (secondary N) is 2. The maximum absolute atomic E-state index is 12.7. The fraction of sp³-hybridized carbons (Fsp3) is 0.703. The normalized spacial score (nSPS) is 24.1. The number of phosphoric acid groups is 3. The third-order valence-corrected chi connectivity index (χ3v) is 14.8. The van der Waals surface area contributed by atoms with Crippen LogP contribution in [0.2, 0.25) is 0 Å². The van der Waals surface area contributed by atoms with E-state index in [9.17, 15) is 67.8 Å². The molecule has 10 atom stereocenters. The second-order valence-corrected chi connectivity index (χ2v) is 22.0. The summed E-state index contributed by atoms with van der Waals surface area (Å²) in [6.45, 7) is 2.34. The highest BCUT2D eigenvalue weighted by atomic mass is 32.2. The number of aromatic nitrogens is 4. The zero-order valence-electron chi connectivity index (χ0n) is 37.0. The fourth-order valence-corrected chi connectivity index (χ4v) is 10.9. The summed E-state index contributed by atoms with van der Waals surface area (Å²) in [5.41, 5.74) is 4.23. The third kappa shape index (κ3) is 17.7. The van der Waals surface area contributed by atoms with Crippen molar-refractivity contribution in [1.82, 2.24) is 30.2 Å². The standard InChI is InChI=1S/C37H60N7O19P3S/c1-4-5-6-10-24-22(11-12-25(24)46)8-7-9-23(45)17-28(48)67-16-15-39-27(47)13-14-40-35(51)32(50)37(2,3)19-60-66(57,58)63-65(55,56)59-18-26-31(62-64(52,53)54)30(49)36(61-26)44-21-43-29-33(38)41-20-42-34(29)44/h5-6,20-24,26,30-32,36,45,49-50H,4,7-19H2,1-3H3,(H,39,47)(H,40,51)(H,55,56)(H,57,58)(H2,38,41,42)(H2,52,53,54)/b6-5-/t22-,23-,24-,26+,30+,31+,32-,36+/m0/s1. The first-order valence-electron chi connectivity index (χ1n) is 21.2. The number of hydrogen-bond donors (Lipinski definition) is 10. The predicted molar refractivity (Wildman–Crippen MR) is 237 cm³/mol. The molecule has 26 nitrogen and oxygen atoms in total. The smallest absolute Gasteiger partial charge is 0.393 e. The number of hydrogen-bond acceptors (Lipinski definition) is 20. The van der Waals surface area contributed by atoms with Crippen LogP contribution in [0.25, 0.3) is 11.2 Å². The number of nitrogens with zero attached hydrogens (tertiary/aromatic N) is 4. The van der Waals surface area contributed by atoms with Gasteiger partial charge >= 0.3 is 23.5 Å².